The number of ketones is 1. The molecular formula is C16H22O9. The normalized spacial score (nSPS) is 29.3. The lowest BCUT2D eigenvalue weighted by Crippen LogP contribution is -2.59. The van der Waals surface area contributed by atoms with E-state index in [1.54, 1.807) is 6.07 Å². The molecule has 0 spiro atoms. The molecule has 0 saturated carbocycles. The summed E-state index contributed by atoms with van der Waals surface area (Å²) in [5, 5.41) is 38.4. The number of carbonyl (C=O) groups excluding carboxylic acids is 1. The number of aliphatic hydroxyl groups is 4. The van der Waals surface area contributed by atoms with Gasteiger partial charge in [-0.2, -0.15) is 0 Å². The molecule has 1 fully saturated rings. The Morgan fingerprint density at radius 3 is 2.16 bits per heavy atom. The van der Waals surface area contributed by atoms with Gasteiger partial charge in [0.05, 0.1) is 20.8 Å². The smallest absolute Gasteiger partial charge is 0.188 e. The van der Waals surface area contributed by atoms with Crippen LogP contribution in [0.1, 0.15) is 10.4 Å². The number of methoxy groups -OCH3 is 2. The Morgan fingerprint density at radius 2 is 1.64 bits per heavy atom. The van der Waals surface area contributed by atoms with Crippen molar-refractivity contribution in [1.29, 1.82) is 0 Å². The van der Waals surface area contributed by atoms with E-state index in [0.717, 1.165) is 0 Å². The van der Waals surface area contributed by atoms with E-state index < -0.39 is 49.7 Å². The van der Waals surface area contributed by atoms with E-state index in [1.807, 2.05) is 0 Å². The molecule has 0 unspecified atom stereocenters. The quantitative estimate of drug-likeness (QED) is 0.439. The maximum Gasteiger partial charge on any atom is 0.188 e. The van der Waals surface area contributed by atoms with Crippen LogP contribution in [-0.4, -0.2) is 84.3 Å². The maximum absolute atomic E-state index is 12.3. The summed E-state index contributed by atoms with van der Waals surface area (Å²) >= 11 is 0. The van der Waals surface area contributed by atoms with Gasteiger partial charge in [-0.05, 0) is 12.1 Å². The number of ether oxygens (including phenoxy) is 4. The van der Waals surface area contributed by atoms with Crippen molar-refractivity contribution < 1.29 is 44.2 Å². The second kappa shape index (κ2) is 8.56. The summed E-state index contributed by atoms with van der Waals surface area (Å²) in [7, 11) is 2.90. The summed E-state index contributed by atoms with van der Waals surface area (Å²) in [5.41, 5.74) is 0.265. The SMILES string of the molecule is COc1cc(OC)cc(C(=O)CO[C@@H]2O[C@H](CO)[C@H](O)[C@H](O)[C@H]2O)c1. The van der Waals surface area contributed by atoms with Crippen LogP contribution in [0.25, 0.3) is 0 Å². The molecule has 5 atom stereocenters. The molecule has 4 N–H and O–H groups in total. The van der Waals surface area contributed by atoms with Crippen LogP contribution in [0.3, 0.4) is 0 Å². The molecule has 1 aliphatic heterocycles. The van der Waals surface area contributed by atoms with E-state index >= 15 is 0 Å². The molecule has 9 nitrogen and oxygen atoms in total. The van der Waals surface area contributed by atoms with Crippen LogP contribution >= 0.6 is 0 Å². The lowest BCUT2D eigenvalue weighted by atomic mass is 9.99. The van der Waals surface area contributed by atoms with Gasteiger partial charge in [-0.25, -0.2) is 0 Å². The van der Waals surface area contributed by atoms with E-state index in [1.165, 1.54) is 26.4 Å². The first-order valence-electron chi connectivity index (χ1n) is 7.59. The molecule has 25 heavy (non-hydrogen) atoms. The van der Waals surface area contributed by atoms with Gasteiger partial charge in [0, 0.05) is 11.6 Å². The van der Waals surface area contributed by atoms with Gasteiger partial charge in [-0.1, -0.05) is 0 Å². The lowest BCUT2D eigenvalue weighted by molar-refractivity contribution is -0.298. The molecule has 0 amide bonds. The summed E-state index contributed by atoms with van der Waals surface area (Å²) in [4.78, 5) is 12.3. The number of carbonyl (C=O) groups is 1. The molecule has 1 aromatic carbocycles. The van der Waals surface area contributed by atoms with Gasteiger partial charge >= 0.3 is 0 Å². The van der Waals surface area contributed by atoms with Crippen molar-refractivity contribution in [2.45, 2.75) is 30.7 Å². The van der Waals surface area contributed by atoms with Crippen molar-refractivity contribution in [2.75, 3.05) is 27.4 Å². The third-order valence-corrected chi connectivity index (χ3v) is 3.90. The first-order valence-corrected chi connectivity index (χ1v) is 7.59. The van der Waals surface area contributed by atoms with E-state index in [0.29, 0.717) is 11.5 Å². The highest BCUT2D eigenvalue weighted by molar-refractivity contribution is 5.97. The van der Waals surface area contributed by atoms with Gasteiger partial charge in [-0.3, -0.25) is 4.79 Å². The van der Waals surface area contributed by atoms with Crippen molar-refractivity contribution >= 4 is 5.78 Å². The maximum atomic E-state index is 12.3. The largest absolute Gasteiger partial charge is 0.497 e. The van der Waals surface area contributed by atoms with Gasteiger partial charge in [0.1, 0.15) is 42.5 Å². The van der Waals surface area contributed by atoms with Crippen LogP contribution in [0.4, 0.5) is 0 Å². The van der Waals surface area contributed by atoms with Crippen LogP contribution in [0.2, 0.25) is 0 Å². The molecule has 9 heteroatoms. The average Bonchev–Trinajstić information content (AvgIpc) is 2.64. The first-order chi connectivity index (χ1) is 11.9. The third kappa shape index (κ3) is 4.46. The molecule has 140 valence electrons. The zero-order valence-corrected chi connectivity index (χ0v) is 13.9. The Morgan fingerprint density at radius 1 is 1.04 bits per heavy atom. The van der Waals surface area contributed by atoms with Crippen molar-refractivity contribution in [3.05, 3.63) is 23.8 Å². The Balaban J connectivity index is 2.04. The van der Waals surface area contributed by atoms with Crippen molar-refractivity contribution in [1.82, 2.24) is 0 Å². The van der Waals surface area contributed by atoms with Crippen LogP contribution in [0, 0.1) is 0 Å². The first kappa shape index (κ1) is 19.6. The van der Waals surface area contributed by atoms with Crippen LogP contribution in [0.15, 0.2) is 18.2 Å². The fraction of sp³-hybridized carbons (Fsp3) is 0.562. The van der Waals surface area contributed by atoms with Gasteiger partial charge in [0.25, 0.3) is 0 Å². The van der Waals surface area contributed by atoms with Gasteiger partial charge in [0.15, 0.2) is 12.1 Å². The minimum Gasteiger partial charge on any atom is -0.497 e. The second-order valence-electron chi connectivity index (χ2n) is 5.53. The molecule has 1 saturated heterocycles. The zero-order chi connectivity index (χ0) is 18.6. The fourth-order valence-electron chi connectivity index (χ4n) is 2.41. The number of benzene rings is 1. The highest BCUT2D eigenvalue weighted by Crippen LogP contribution is 2.24. The molecule has 1 aromatic rings. The van der Waals surface area contributed by atoms with Gasteiger partial charge in [0.2, 0.25) is 0 Å². The Hall–Kier alpha value is -1.75. The summed E-state index contributed by atoms with van der Waals surface area (Å²) in [5.74, 6) is 0.417. The standard InChI is InChI=1S/C16H22O9/c1-22-9-3-8(4-10(5-9)23-2)11(18)7-24-16-15(21)14(20)13(19)12(6-17)25-16/h3-5,12-17,19-21H,6-7H2,1-2H3/t12-,13+,14+,15-,16-/m1/s1. The number of Topliss-reactive ketones (excluding diaryl/α,β-unsaturated/α-hetero) is 1. The molecular weight excluding hydrogens is 336 g/mol. The summed E-state index contributed by atoms with van der Waals surface area (Å²) < 4.78 is 20.6. The fourth-order valence-corrected chi connectivity index (χ4v) is 2.41. The van der Waals surface area contributed by atoms with Crippen LogP contribution in [0.5, 0.6) is 11.5 Å². The molecule has 0 radical (unpaired) electrons. The average molecular weight is 358 g/mol. The third-order valence-electron chi connectivity index (χ3n) is 3.90. The van der Waals surface area contributed by atoms with E-state index in [2.05, 4.69) is 0 Å². The molecule has 2 rings (SSSR count). The van der Waals surface area contributed by atoms with Crippen LogP contribution in [-0.2, 0) is 9.47 Å². The zero-order valence-electron chi connectivity index (χ0n) is 13.9. The predicted octanol–water partition coefficient (Wildman–Crippen LogP) is -1.30. The highest BCUT2D eigenvalue weighted by Gasteiger charge is 2.44. The highest BCUT2D eigenvalue weighted by atomic mass is 16.7. The number of hydrogen-bond acceptors (Lipinski definition) is 9. The molecule has 1 heterocycles. The minimum atomic E-state index is -1.57. The van der Waals surface area contributed by atoms with Crippen molar-refractivity contribution in [3.63, 3.8) is 0 Å². The van der Waals surface area contributed by atoms with E-state index in [-0.39, 0.29) is 5.56 Å². The van der Waals surface area contributed by atoms with Gasteiger partial charge < -0.3 is 39.4 Å². The monoisotopic (exact) mass is 358 g/mol. The molecule has 1 aliphatic rings. The number of aliphatic hydroxyl groups excluding tert-OH is 4. The number of rotatable bonds is 7. The molecule has 0 aliphatic carbocycles. The minimum absolute atomic E-state index is 0.265. The van der Waals surface area contributed by atoms with Gasteiger partial charge in [-0.15, -0.1) is 0 Å². The second-order valence-corrected chi connectivity index (χ2v) is 5.53. The van der Waals surface area contributed by atoms with E-state index in [4.69, 9.17) is 24.1 Å². The number of hydrogen-bond donors (Lipinski definition) is 4. The van der Waals surface area contributed by atoms with Crippen LogP contribution < -0.4 is 9.47 Å². The molecule has 0 aromatic heterocycles. The van der Waals surface area contributed by atoms with E-state index in [9.17, 15) is 20.1 Å². The summed E-state index contributed by atoms with van der Waals surface area (Å²) in [6, 6.07) is 4.61. The van der Waals surface area contributed by atoms with Crippen molar-refractivity contribution in [3.8, 4) is 11.5 Å². The summed E-state index contributed by atoms with van der Waals surface area (Å²) in [6.07, 6.45) is -7.09. The Bertz CT molecular complexity index is 567. The topological polar surface area (TPSA) is 135 Å². The predicted molar refractivity (Wildman–Crippen MR) is 83.6 cm³/mol. The summed E-state index contributed by atoms with van der Waals surface area (Å²) in [6.45, 7) is -1.04. The molecule has 0 bridgehead atoms. The Labute approximate surface area is 144 Å². The Kier molecular flexibility index (Phi) is 6.71. The lowest BCUT2D eigenvalue weighted by Gasteiger charge is -2.39. The van der Waals surface area contributed by atoms with Crippen molar-refractivity contribution in [2.24, 2.45) is 0 Å².